The molecule has 0 amide bonds. The molecule has 0 aliphatic heterocycles. The van der Waals surface area contributed by atoms with Crippen LogP contribution in [-0.4, -0.2) is 23.8 Å². The summed E-state index contributed by atoms with van der Waals surface area (Å²) in [6.45, 7) is 5.13. The van der Waals surface area contributed by atoms with Gasteiger partial charge in [0.15, 0.2) is 0 Å². The lowest BCUT2D eigenvalue weighted by Gasteiger charge is -2.12. The Labute approximate surface area is 75.4 Å². The number of aliphatic hydroxyl groups is 1. The zero-order chi connectivity index (χ0) is 8.97. The standard InChI is InChI=1S/C10H21NO/c1-8-3-4-10(7-8)11-6-5-9(2)12/h8-12H,3-7H2,1-2H3. The Morgan fingerprint density at radius 2 is 2.25 bits per heavy atom. The van der Waals surface area contributed by atoms with Crippen LogP contribution in [-0.2, 0) is 0 Å². The average Bonchev–Trinajstić information content (AvgIpc) is 2.35. The van der Waals surface area contributed by atoms with Crippen LogP contribution >= 0.6 is 0 Å². The first-order valence-corrected chi connectivity index (χ1v) is 5.10. The summed E-state index contributed by atoms with van der Waals surface area (Å²) in [5.41, 5.74) is 0. The molecule has 2 N–H and O–H groups in total. The van der Waals surface area contributed by atoms with E-state index in [9.17, 15) is 0 Å². The molecule has 0 radical (unpaired) electrons. The van der Waals surface area contributed by atoms with Gasteiger partial charge < -0.3 is 10.4 Å². The Hall–Kier alpha value is -0.0800. The monoisotopic (exact) mass is 171 g/mol. The molecule has 2 heteroatoms. The summed E-state index contributed by atoms with van der Waals surface area (Å²) < 4.78 is 0. The van der Waals surface area contributed by atoms with Gasteiger partial charge in [-0.05, 0) is 45.1 Å². The highest BCUT2D eigenvalue weighted by Crippen LogP contribution is 2.24. The van der Waals surface area contributed by atoms with Crippen LogP contribution in [0.5, 0.6) is 0 Å². The lowest BCUT2D eigenvalue weighted by atomic mass is 10.1. The number of rotatable bonds is 4. The van der Waals surface area contributed by atoms with Gasteiger partial charge in [0.05, 0.1) is 6.10 Å². The van der Waals surface area contributed by atoms with E-state index in [1.807, 2.05) is 6.92 Å². The van der Waals surface area contributed by atoms with Gasteiger partial charge in [-0.1, -0.05) is 6.92 Å². The van der Waals surface area contributed by atoms with E-state index >= 15 is 0 Å². The van der Waals surface area contributed by atoms with Crippen LogP contribution in [0.15, 0.2) is 0 Å². The van der Waals surface area contributed by atoms with Gasteiger partial charge >= 0.3 is 0 Å². The van der Waals surface area contributed by atoms with Gasteiger partial charge in [0.25, 0.3) is 0 Å². The molecule has 1 aliphatic rings. The maximum absolute atomic E-state index is 9.04. The quantitative estimate of drug-likeness (QED) is 0.672. The van der Waals surface area contributed by atoms with E-state index in [0.29, 0.717) is 0 Å². The van der Waals surface area contributed by atoms with Crippen molar-refractivity contribution in [2.75, 3.05) is 6.54 Å². The van der Waals surface area contributed by atoms with Crippen LogP contribution in [0.1, 0.15) is 39.5 Å². The zero-order valence-corrected chi connectivity index (χ0v) is 8.21. The van der Waals surface area contributed by atoms with Gasteiger partial charge in [0.2, 0.25) is 0 Å². The normalized spacial score (nSPS) is 32.2. The molecule has 2 nitrogen and oxygen atoms in total. The van der Waals surface area contributed by atoms with Gasteiger partial charge in [0.1, 0.15) is 0 Å². The first-order valence-electron chi connectivity index (χ1n) is 5.10. The lowest BCUT2D eigenvalue weighted by Crippen LogP contribution is -2.28. The van der Waals surface area contributed by atoms with E-state index in [4.69, 9.17) is 5.11 Å². The third kappa shape index (κ3) is 3.55. The van der Waals surface area contributed by atoms with E-state index in [0.717, 1.165) is 24.9 Å². The highest BCUT2D eigenvalue weighted by molar-refractivity contribution is 4.78. The summed E-state index contributed by atoms with van der Waals surface area (Å²) in [7, 11) is 0. The fraction of sp³-hybridized carbons (Fsp3) is 1.00. The topological polar surface area (TPSA) is 32.3 Å². The van der Waals surface area contributed by atoms with Crippen molar-refractivity contribution < 1.29 is 5.11 Å². The third-order valence-corrected chi connectivity index (χ3v) is 2.69. The molecule has 0 saturated heterocycles. The van der Waals surface area contributed by atoms with Crippen molar-refractivity contribution >= 4 is 0 Å². The molecule has 3 atom stereocenters. The summed E-state index contributed by atoms with van der Waals surface area (Å²) in [6, 6.07) is 0.721. The molecular formula is C10H21NO. The summed E-state index contributed by atoms with van der Waals surface area (Å²) in [6.07, 6.45) is 4.73. The summed E-state index contributed by atoms with van der Waals surface area (Å²) >= 11 is 0. The molecule has 0 aromatic heterocycles. The SMILES string of the molecule is CC(O)CCNC1CCC(C)C1. The smallest absolute Gasteiger partial charge is 0.0524 e. The molecule has 1 rings (SSSR count). The third-order valence-electron chi connectivity index (χ3n) is 2.69. The molecule has 72 valence electrons. The Kier molecular flexibility index (Phi) is 4.02. The van der Waals surface area contributed by atoms with Crippen molar-refractivity contribution in [2.45, 2.75) is 51.7 Å². The first kappa shape index (κ1) is 10.0. The zero-order valence-electron chi connectivity index (χ0n) is 8.21. The molecule has 12 heavy (non-hydrogen) atoms. The molecule has 3 unspecified atom stereocenters. The van der Waals surface area contributed by atoms with Crippen LogP contribution in [0, 0.1) is 5.92 Å². The van der Waals surface area contributed by atoms with E-state index in [2.05, 4.69) is 12.2 Å². The van der Waals surface area contributed by atoms with E-state index < -0.39 is 0 Å². The number of aliphatic hydroxyl groups excluding tert-OH is 1. The van der Waals surface area contributed by atoms with Crippen LogP contribution < -0.4 is 5.32 Å². The Bertz CT molecular complexity index is 125. The molecule has 0 aromatic rings. The number of nitrogens with one attached hydrogen (secondary N) is 1. The summed E-state index contributed by atoms with van der Waals surface area (Å²) in [4.78, 5) is 0. The van der Waals surface area contributed by atoms with Gasteiger partial charge in [-0.2, -0.15) is 0 Å². The second-order valence-electron chi connectivity index (χ2n) is 4.21. The fourth-order valence-electron chi connectivity index (χ4n) is 1.89. The average molecular weight is 171 g/mol. The Morgan fingerprint density at radius 3 is 2.75 bits per heavy atom. The second kappa shape index (κ2) is 4.83. The van der Waals surface area contributed by atoms with Crippen molar-refractivity contribution in [3.63, 3.8) is 0 Å². The molecular weight excluding hydrogens is 150 g/mol. The van der Waals surface area contributed by atoms with Crippen molar-refractivity contribution in [2.24, 2.45) is 5.92 Å². The minimum atomic E-state index is -0.156. The largest absolute Gasteiger partial charge is 0.393 e. The van der Waals surface area contributed by atoms with E-state index in [1.54, 1.807) is 0 Å². The number of hydrogen-bond donors (Lipinski definition) is 2. The fourth-order valence-corrected chi connectivity index (χ4v) is 1.89. The van der Waals surface area contributed by atoms with Crippen LogP contribution in [0.2, 0.25) is 0 Å². The van der Waals surface area contributed by atoms with Crippen LogP contribution in [0.4, 0.5) is 0 Å². The van der Waals surface area contributed by atoms with Crippen LogP contribution in [0.3, 0.4) is 0 Å². The number of hydrogen-bond acceptors (Lipinski definition) is 2. The minimum absolute atomic E-state index is 0.156. The highest BCUT2D eigenvalue weighted by Gasteiger charge is 2.20. The molecule has 1 aliphatic carbocycles. The Morgan fingerprint density at radius 1 is 1.50 bits per heavy atom. The van der Waals surface area contributed by atoms with E-state index in [1.165, 1.54) is 19.3 Å². The predicted molar refractivity (Wildman–Crippen MR) is 51.1 cm³/mol. The molecule has 1 saturated carbocycles. The molecule has 0 aromatic carbocycles. The minimum Gasteiger partial charge on any atom is -0.393 e. The van der Waals surface area contributed by atoms with Gasteiger partial charge in [-0.15, -0.1) is 0 Å². The lowest BCUT2D eigenvalue weighted by molar-refractivity contribution is 0.182. The molecule has 0 bridgehead atoms. The van der Waals surface area contributed by atoms with Crippen molar-refractivity contribution in [3.8, 4) is 0 Å². The molecule has 1 fully saturated rings. The van der Waals surface area contributed by atoms with Crippen molar-refractivity contribution in [3.05, 3.63) is 0 Å². The van der Waals surface area contributed by atoms with Crippen molar-refractivity contribution in [1.82, 2.24) is 5.32 Å². The van der Waals surface area contributed by atoms with Crippen molar-refractivity contribution in [1.29, 1.82) is 0 Å². The molecule has 0 spiro atoms. The first-order chi connectivity index (χ1) is 5.68. The second-order valence-corrected chi connectivity index (χ2v) is 4.21. The maximum atomic E-state index is 9.04. The summed E-state index contributed by atoms with van der Waals surface area (Å²) in [5.74, 6) is 0.897. The van der Waals surface area contributed by atoms with Gasteiger partial charge in [0, 0.05) is 6.04 Å². The molecule has 0 heterocycles. The highest BCUT2D eigenvalue weighted by atomic mass is 16.3. The van der Waals surface area contributed by atoms with Gasteiger partial charge in [-0.3, -0.25) is 0 Å². The maximum Gasteiger partial charge on any atom is 0.0524 e. The van der Waals surface area contributed by atoms with Crippen LogP contribution in [0.25, 0.3) is 0 Å². The Balaban J connectivity index is 2.00. The van der Waals surface area contributed by atoms with Gasteiger partial charge in [-0.25, -0.2) is 0 Å². The van der Waals surface area contributed by atoms with E-state index in [-0.39, 0.29) is 6.10 Å². The predicted octanol–water partition coefficient (Wildman–Crippen LogP) is 1.54. The summed E-state index contributed by atoms with van der Waals surface area (Å²) in [5, 5.41) is 12.5.